The van der Waals surface area contributed by atoms with Crippen molar-refractivity contribution in [2.75, 3.05) is 28.4 Å². The fraction of sp³-hybridized carbons (Fsp3) is 0.250. The molecule has 0 heterocycles. The zero-order valence-corrected chi connectivity index (χ0v) is 20.9. The van der Waals surface area contributed by atoms with Crippen molar-refractivity contribution in [2.45, 2.75) is 0 Å². The Bertz CT molecular complexity index is 724. The fourth-order valence-electron chi connectivity index (χ4n) is 2.33. The van der Waals surface area contributed by atoms with Gasteiger partial charge in [-0.15, -0.1) is 0 Å². The molecule has 0 fully saturated rings. The van der Waals surface area contributed by atoms with Gasteiger partial charge in [0.1, 0.15) is 0 Å². The molecule has 0 aliphatic rings. The maximum atomic E-state index is 7.06. The van der Waals surface area contributed by atoms with Crippen LogP contribution in [0.5, 0.6) is 23.0 Å². The van der Waals surface area contributed by atoms with E-state index in [9.17, 15) is 0 Å². The molecule has 0 aliphatic heterocycles. The molecule has 0 amide bonds. The van der Waals surface area contributed by atoms with Crippen molar-refractivity contribution in [2.24, 2.45) is 0 Å². The molecule has 9 heteroatoms. The molecule has 0 aliphatic carbocycles. The molecule has 2 rings (SSSR count). The molecule has 0 saturated heterocycles. The van der Waals surface area contributed by atoms with E-state index >= 15 is 0 Å². The summed E-state index contributed by atoms with van der Waals surface area (Å²) >= 11 is 2.90. The summed E-state index contributed by atoms with van der Waals surface area (Å²) < 4.78 is 24.9. The molecular weight excluding hydrogens is 614 g/mol. The molecule has 2 aromatic rings. The van der Waals surface area contributed by atoms with E-state index in [4.69, 9.17) is 36.9 Å². The number of halogens is 4. The predicted octanol–water partition coefficient (Wildman–Crippen LogP) is 4.28. The Labute approximate surface area is 175 Å². The molecule has 0 unspecified atom stereocenters. The Hall–Kier alpha value is -0.0304. The van der Waals surface area contributed by atoms with Crippen molar-refractivity contribution >= 4 is 73.0 Å². The zero-order chi connectivity index (χ0) is 18.8. The first-order valence-corrected chi connectivity index (χ1v) is 16.7. The van der Waals surface area contributed by atoms with Crippen molar-refractivity contribution in [1.29, 1.82) is 0 Å². The third kappa shape index (κ3) is 3.97. The van der Waals surface area contributed by atoms with Gasteiger partial charge in [-0.1, -0.05) is 0 Å². The first-order valence-electron chi connectivity index (χ1n) is 6.87. The molecule has 0 radical (unpaired) electrons. The van der Waals surface area contributed by atoms with Crippen LogP contribution in [0.25, 0.3) is 0 Å². The predicted molar refractivity (Wildman–Crippen MR) is 111 cm³/mol. The van der Waals surface area contributed by atoms with E-state index in [1.807, 2.05) is 12.1 Å². The van der Waals surface area contributed by atoms with Crippen molar-refractivity contribution < 1.29 is 18.9 Å². The van der Waals surface area contributed by atoms with E-state index in [0.717, 1.165) is 8.95 Å². The quantitative estimate of drug-likeness (QED) is 0.447. The Balaban J connectivity index is 2.89. The molecule has 0 aromatic heterocycles. The van der Waals surface area contributed by atoms with Gasteiger partial charge in [0.15, 0.2) is 0 Å². The first kappa shape index (κ1) is 21.3. The Morgan fingerprint density at radius 3 is 1.32 bits per heavy atom. The van der Waals surface area contributed by atoms with Gasteiger partial charge in [-0.05, 0) is 0 Å². The van der Waals surface area contributed by atoms with E-state index in [1.54, 1.807) is 40.6 Å². The van der Waals surface area contributed by atoms with Crippen LogP contribution < -0.4 is 26.2 Å². The summed E-state index contributed by atoms with van der Waals surface area (Å²) in [4.78, 5) is 0. The van der Waals surface area contributed by atoms with Gasteiger partial charge in [-0.3, -0.25) is 0 Å². The number of benzene rings is 2. The van der Waals surface area contributed by atoms with Crippen molar-refractivity contribution in [3.63, 3.8) is 0 Å². The molecule has 0 spiro atoms. The number of hydrogen-bond acceptors (Lipinski definition) is 4. The van der Waals surface area contributed by atoms with E-state index < -0.39 is 15.9 Å². The van der Waals surface area contributed by atoms with Crippen molar-refractivity contribution in [1.82, 2.24) is 0 Å². The van der Waals surface area contributed by atoms with Crippen LogP contribution in [0.4, 0.5) is 0 Å². The monoisotopic (exact) mass is 630 g/mol. The number of ether oxygens (including phenoxy) is 4. The molecule has 0 atom stereocenters. The summed E-state index contributed by atoms with van der Waals surface area (Å²) in [5, 5.41) is 0. The van der Waals surface area contributed by atoms with Gasteiger partial charge >= 0.3 is 177 Å². The molecule has 25 heavy (non-hydrogen) atoms. The Morgan fingerprint density at radius 2 is 1.04 bits per heavy atom. The first-order chi connectivity index (χ1) is 11.8. The molecule has 4 nitrogen and oxygen atoms in total. The fourth-order valence-corrected chi connectivity index (χ4v) is 13.4. The summed E-state index contributed by atoms with van der Waals surface area (Å²) in [6, 6.07) is 7.24. The normalized spacial score (nSPS) is 11.8. The molecular formula is C16H16Br2Cl2O4Te. The van der Waals surface area contributed by atoms with E-state index in [-0.39, 0.29) is 0 Å². The van der Waals surface area contributed by atoms with Gasteiger partial charge < -0.3 is 0 Å². The minimum atomic E-state index is -4.06. The van der Waals surface area contributed by atoms with Crippen LogP contribution in [0.3, 0.4) is 0 Å². The standard InChI is InChI=1S/C16H16Br2Cl2O4Te/c1-21-11-7-5-9(17)13(23-3)15(11)25(19,20)16-12(22-2)8-6-10(18)14(16)24-4/h5-8H,1-4H3. The van der Waals surface area contributed by atoms with E-state index in [2.05, 4.69) is 31.9 Å². The summed E-state index contributed by atoms with van der Waals surface area (Å²) in [5.41, 5.74) is 0. The van der Waals surface area contributed by atoms with Gasteiger partial charge in [0, 0.05) is 0 Å². The third-order valence-corrected chi connectivity index (χ3v) is 13.9. The third-order valence-electron chi connectivity index (χ3n) is 3.42. The summed E-state index contributed by atoms with van der Waals surface area (Å²) in [6.45, 7) is 0. The van der Waals surface area contributed by atoms with Gasteiger partial charge in [0.05, 0.1) is 0 Å². The Morgan fingerprint density at radius 1 is 0.680 bits per heavy atom. The molecule has 0 saturated carbocycles. The van der Waals surface area contributed by atoms with Crippen LogP contribution in [0.15, 0.2) is 33.2 Å². The summed E-state index contributed by atoms with van der Waals surface area (Å²) in [5.74, 6) is 2.18. The second kappa shape index (κ2) is 8.77. The number of methoxy groups -OCH3 is 4. The van der Waals surface area contributed by atoms with Crippen LogP contribution in [0.1, 0.15) is 0 Å². The van der Waals surface area contributed by atoms with Gasteiger partial charge in [-0.2, -0.15) is 0 Å². The van der Waals surface area contributed by atoms with Gasteiger partial charge in [0.25, 0.3) is 0 Å². The number of rotatable bonds is 6. The Kier molecular flexibility index (Phi) is 7.46. The van der Waals surface area contributed by atoms with Crippen LogP contribution in [0.2, 0.25) is 0 Å². The second-order valence-electron chi connectivity index (χ2n) is 4.69. The van der Waals surface area contributed by atoms with E-state index in [0.29, 0.717) is 30.2 Å². The van der Waals surface area contributed by atoms with Gasteiger partial charge in [0.2, 0.25) is 0 Å². The molecule has 0 bridgehead atoms. The average Bonchev–Trinajstić information content (AvgIpc) is 2.60. The van der Waals surface area contributed by atoms with E-state index in [1.165, 1.54) is 0 Å². The van der Waals surface area contributed by atoms with Crippen LogP contribution in [-0.2, 0) is 0 Å². The number of hydrogen-bond donors (Lipinski definition) is 0. The molecule has 2 aromatic carbocycles. The SMILES string of the molecule is COc1ccc(Br)c(OC)c1[Te](Cl)(Cl)c1c(OC)ccc(Br)c1OC. The summed E-state index contributed by atoms with van der Waals surface area (Å²) in [7, 11) is 20.4. The zero-order valence-electron chi connectivity index (χ0n) is 13.9. The second-order valence-corrected chi connectivity index (χ2v) is 18.7. The van der Waals surface area contributed by atoms with Crippen molar-refractivity contribution in [3.05, 3.63) is 33.2 Å². The van der Waals surface area contributed by atoms with Crippen LogP contribution in [0, 0.1) is 0 Å². The average molecular weight is 631 g/mol. The topological polar surface area (TPSA) is 36.9 Å². The molecule has 138 valence electrons. The summed E-state index contributed by atoms with van der Waals surface area (Å²) in [6.07, 6.45) is 0. The van der Waals surface area contributed by atoms with Crippen molar-refractivity contribution in [3.8, 4) is 23.0 Å². The van der Waals surface area contributed by atoms with Crippen LogP contribution >= 0.6 is 49.8 Å². The van der Waals surface area contributed by atoms with Crippen LogP contribution in [-0.4, -0.2) is 44.4 Å². The molecule has 0 N–H and O–H groups in total. The van der Waals surface area contributed by atoms with Gasteiger partial charge in [-0.25, -0.2) is 0 Å². The minimum absolute atomic E-state index is 0.537. The maximum absolute atomic E-state index is 7.06.